The Kier molecular flexibility index (Phi) is 6.80. The molecular formula is C23H25FN8O. The monoisotopic (exact) mass is 448 g/mol. The first-order valence-corrected chi connectivity index (χ1v) is 10.7. The van der Waals surface area contributed by atoms with E-state index in [1.54, 1.807) is 35.0 Å². The van der Waals surface area contributed by atoms with Gasteiger partial charge in [0.2, 0.25) is 11.8 Å². The van der Waals surface area contributed by atoms with E-state index in [1.807, 2.05) is 0 Å². The van der Waals surface area contributed by atoms with Gasteiger partial charge in [-0.3, -0.25) is 4.57 Å². The Labute approximate surface area is 190 Å². The molecule has 1 saturated heterocycles. The average molecular weight is 449 g/mol. The highest BCUT2D eigenvalue weighted by Gasteiger charge is 2.14. The summed E-state index contributed by atoms with van der Waals surface area (Å²) in [6.45, 7) is 3.49. The minimum absolute atomic E-state index is 0.0649. The molecule has 33 heavy (non-hydrogen) atoms. The first-order valence-electron chi connectivity index (χ1n) is 10.7. The number of hydrogen-bond donors (Lipinski definition) is 3. The number of nitriles is 1. The van der Waals surface area contributed by atoms with Crippen LogP contribution in [0.15, 0.2) is 42.9 Å². The molecule has 10 heteroatoms. The summed E-state index contributed by atoms with van der Waals surface area (Å²) in [5, 5.41) is 22.8. The van der Waals surface area contributed by atoms with Crippen LogP contribution in [0.2, 0.25) is 0 Å². The van der Waals surface area contributed by atoms with E-state index in [1.165, 1.54) is 39.1 Å². The minimum Gasteiger partial charge on any atom is -0.480 e. The number of benzene rings is 1. The first-order chi connectivity index (χ1) is 16.1. The van der Waals surface area contributed by atoms with Crippen molar-refractivity contribution in [1.82, 2.24) is 30.0 Å². The number of nitrogens with zero attached hydrogens (tertiary/aromatic N) is 5. The zero-order chi connectivity index (χ0) is 23.2. The van der Waals surface area contributed by atoms with Gasteiger partial charge < -0.3 is 15.4 Å². The smallest absolute Gasteiger partial charge is 0.233 e. The van der Waals surface area contributed by atoms with Crippen molar-refractivity contribution in [3.63, 3.8) is 0 Å². The highest BCUT2D eigenvalue weighted by Crippen LogP contribution is 2.26. The van der Waals surface area contributed by atoms with Crippen LogP contribution in [0.25, 0.3) is 16.7 Å². The lowest BCUT2D eigenvalue weighted by Gasteiger charge is -2.18. The van der Waals surface area contributed by atoms with Crippen molar-refractivity contribution in [2.45, 2.75) is 32.2 Å². The summed E-state index contributed by atoms with van der Waals surface area (Å²) >= 11 is 0. The van der Waals surface area contributed by atoms with Crippen molar-refractivity contribution in [3.8, 4) is 17.8 Å². The second-order valence-electron chi connectivity index (χ2n) is 7.69. The van der Waals surface area contributed by atoms with E-state index in [0.717, 1.165) is 17.6 Å². The van der Waals surface area contributed by atoms with E-state index in [2.05, 4.69) is 43.8 Å². The fraction of sp³-hybridized carbons (Fsp3) is 0.304. The second-order valence-corrected chi connectivity index (χ2v) is 7.69. The van der Waals surface area contributed by atoms with Crippen LogP contribution in [0.5, 0.6) is 5.88 Å². The van der Waals surface area contributed by atoms with Crippen LogP contribution in [0.1, 0.15) is 31.7 Å². The number of halogens is 1. The predicted octanol–water partition coefficient (Wildman–Crippen LogP) is 4.05. The lowest BCUT2D eigenvalue weighted by atomic mass is 10.1. The van der Waals surface area contributed by atoms with Crippen LogP contribution in [0, 0.1) is 17.1 Å². The molecule has 1 fully saturated rings. The van der Waals surface area contributed by atoms with Gasteiger partial charge in [0, 0.05) is 17.6 Å². The Morgan fingerprint density at radius 2 is 2.15 bits per heavy atom. The third-order valence-corrected chi connectivity index (χ3v) is 5.42. The maximum Gasteiger partial charge on any atom is 0.233 e. The Morgan fingerprint density at radius 1 is 1.27 bits per heavy atom. The summed E-state index contributed by atoms with van der Waals surface area (Å²) in [7, 11) is 1.49. The molecule has 9 nitrogen and oxygen atoms in total. The van der Waals surface area contributed by atoms with Crippen molar-refractivity contribution in [2.24, 2.45) is 0 Å². The standard InChI is InChI=1S/C17H12FN7O.C6H13N/c1-26-16-13(9-21-24-16)22-17-20-8-12(18)15(23-17)25-6-5-11-10(7-19)3-2-4-14(11)25;1-6-4-2-3-5-7-6/h2-6,8-9H,1H3,(H,21,24)(H,20,22,23);6-7H,2-5H2,1H3/t;6-/m.0/s1. The van der Waals surface area contributed by atoms with Gasteiger partial charge in [0.1, 0.15) is 5.69 Å². The molecule has 1 aromatic carbocycles. The van der Waals surface area contributed by atoms with Crippen molar-refractivity contribution in [2.75, 3.05) is 19.0 Å². The maximum absolute atomic E-state index is 14.4. The van der Waals surface area contributed by atoms with Crippen LogP contribution in [-0.4, -0.2) is 44.4 Å². The number of fused-ring (bicyclic) bond motifs is 1. The van der Waals surface area contributed by atoms with E-state index in [-0.39, 0.29) is 11.8 Å². The highest BCUT2D eigenvalue weighted by atomic mass is 19.1. The van der Waals surface area contributed by atoms with E-state index in [9.17, 15) is 9.65 Å². The van der Waals surface area contributed by atoms with Gasteiger partial charge in [-0.05, 0) is 44.5 Å². The number of piperidine rings is 1. The van der Waals surface area contributed by atoms with Crippen molar-refractivity contribution in [3.05, 3.63) is 54.2 Å². The van der Waals surface area contributed by atoms with Crippen molar-refractivity contribution < 1.29 is 9.13 Å². The molecule has 1 aliphatic heterocycles. The second kappa shape index (κ2) is 10.1. The summed E-state index contributed by atoms with van der Waals surface area (Å²) in [5.41, 5.74) is 1.71. The Hall–Kier alpha value is -3.97. The fourth-order valence-electron chi connectivity index (χ4n) is 3.70. The fourth-order valence-corrected chi connectivity index (χ4v) is 3.70. The SMILES string of the molecule is COc1[nH]ncc1Nc1ncc(F)c(-n2ccc3c(C#N)cccc32)n1.C[C@H]1CCCCN1. The summed E-state index contributed by atoms with van der Waals surface area (Å²) in [5.74, 6) is 0.0635. The Morgan fingerprint density at radius 3 is 2.85 bits per heavy atom. The van der Waals surface area contributed by atoms with E-state index in [4.69, 9.17) is 4.74 Å². The Balaban J connectivity index is 0.000000318. The molecular weight excluding hydrogens is 423 g/mol. The van der Waals surface area contributed by atoms with Gasteiger partial charge >= 0.3 is 0 Å². The van der Waals surface area contributed by atoms with Gasteiger partial charge in [0.05, 0.1) is 36.7 Å². The molecule has 0 aliphatic carbocycles. The molecule has 170 valence electrons. The van der Waals surface area contributed by atoms with Crippen LogP contribution in [0.4, 0.5) is 16.0 Å². The van der Waals surface area contributed by atoms with Gasteiger partial charge in [-0.2, -0.15) is 15.3 Å². The van der Waals surface area contributed by atoms with Crippen molar-refractivity contribution in [1.29, 1.82) is 5.26 Å². The third kappa shape index (κ3) is 4.94. The van der Waals surface area contributed by atoms with Gasteiger partial charge in [0.15, 0.2) is 11.6 Å². The summed E-state index contributed by atoms with van der Waals surface area (Å²) in [4.78, 5) is 8.21. The van der Waals surface area contributed by atoms with E-state index >= 15 is 0 Å². The molecule has 1 atom stereocenters. The van der Waals surface area contributed by atoms with Crippen LogP contribution < -0.4 is 15.4 Å². The lowest BCUT2D eigenvalue weighted by molar-refractivity contribution is 0.399. The molecule has 0 saturated carbocycles. The molecule has 0 unspecified atom stereocenters. The van der Waals surface area contributed by atoms with E-state index in [0.29, 0.717) is 22.6 Å². The van der Waals surface area contributed by atoms with Crippen LogP contribution >= 0.6 is 0 Å². The number of anilines is 2. The zero-order valence-electron chi connectivity index (χ0n) is 18.5. The minimum atomic E-state index is -0.588. The largest absolute Gasteiger partial charge is 0.480 e. The lowest BCUT2D eigenvalue weighted by Crippen LogP contribution is -2.30. The normalized spacial score (nSPS) is 15.4. The van der Waals surface area contributed by atoms with Gasteiger partial charge in [-0.25, -0.2) is 14.5 Å². The number of H-pyrrole nitrogens is 1. The quantitative estimate of drug-likeness (QED) is 0.431. The molecule has 3 aromatic heterocycles. The molecule has 4 aromatic rings. The van der Waals surface area contributed by atoms with Gasteiger partial charge in [-0.15, -0.1) is 0 Å². The van der Waals surface area contributed by atoms with Gasteiger partial charge in [0.25, 0.3) is 0 Å². The maximum atomic E-state index is 14.4. The highest BCUT2D eigenvalue weighted by molar-refractivity contribution is 5.87. The number of ether oxygens (including phenoxy) is 1. The molecule has 0 bridgehead atoms. The summed E-state index contributed by atoms with van der Waals surface area (Å²) in [6, 6.07) is 9.91. The molecule has 5 rings (SSSR count). The molecule has 3 N–H and O–H groups in total. The van der Waals surface area contributed by atoms with Crippen molar-refractivity contribution >= 4 is 22.5 Å². The summed E-state index contributed by atoms with van der Waals surface area (Å²) < 4.78 is 21.1. The predicted molar refractivity (Wildman–Crippen MR) is 123 cm³/mol. The zero-order valence-corrected chi connectivity index (χ0v) is 18.5. The molecule has 1 aliphatic rings. The Bertz CT molecular complexity index is 1270. The molecule has 0 amide bonds. The number of aromatic nitrogens is 5. The summed E-state index contributed by atoms with van der Waals surface area (Å²) in [6.07, 6.45) is 8.43. The number of methoxy groups -OCH3 is 1. The third-order valence-electron chi connectivity index (χ3n) is 5.42. The number of hydrogen-bond acceptors (Lipinski definition) is 7. The van der Waals surface area contributed by atoms with E-state index < -0.39 is 5.82 Å². The topological polar surface area (TPSA) is 116 Å². The molecule has 0 radical (unpaired) electrons. The van der Waals surface area contributed by atoms with Crippen LogP contribution in [-0.2, 0) is 0 Å². The van der Waals surface area contributed by atoms with Crippen LogP contribution in [0.3, 0.4) is 0 Å². The molecule has 4 heterocycles. The van der Waals surface area contributed by atoms with Gasteiger partial charge in [-0.1, -0.05) is 12.5 Å². The first kappa shape index (κ1) is 22.2. The molecule has 0 spiro atoms. The average Bonchev–Trinajstić information content (AvgIpc) is 3.48. The number of nitrogens with one attached hydrogen (secondary N) is 3. The number of rotatable bonds is 4. The number of aromatic amines is 1.